The van der Waals surface area contributed by atoms with Gasteiger partial charge in [-0.3, -0.25) is 4.84 Å². The van der Waals surface area contributed by atoms with E-state index in [1.54, 1.807) is 0 Å². The van der Waals surface area contributed by atoms with Crippen molar-refractivity contribution >= 4 is 29.8 Å². The van der Waals surface area contributed by atoms with Crippen LogP contribution < -0.4 is 10.6 Å². The molecule has 1 aliphatic rings. The topological polar surface area (TPSA) is 106 Å². The first-order valence-corrected chi connectivity index (χ1v) is 8.48. The summed E-state index contributed by atoms with van der Waals surface area (Å²) in [6.45, 7) is 1.81. The summed E-state index contributed by atoms with van der Waals surface area (Å²) in [5.74, 6) is 3.42. The highest BCUT2D eigenvalue weighted by atomic mass is 35.5. The Bertz CT molecular complexity index is 813. The molecule has 1 aliphatic heterocycles. The van der Waals surface area contributed by atoms with E-state index in [1.165, 1.54) is 26.0 Å². The number of benzene rings is 1. The molecule has 2 N–H and O–H groups in total. The van der Waals surface area contributed by atoms with Crippen LogP contribution in [0.3, 0.4) is 0 Å². The van der Waals surface area contributed by atoms with Gasteiger partial charge in [0.1, 0.15) is 18.5 Å². The molecule has 0 bridgehead atoms. The Morgan fingerprint density at radius 3 is 2.59 bits per heavy atom. The highest BCUT2D eigenvalue weighted by molar-refractivity contribution is 6.30. The maximum absolute atomic E-state index is 13.4. The Balaban J connectivity index is 2.09. The predicted octanol–water partition coefficient (Wildman–Crippen LogP) is 3.29. The van der Waals surface area contributed by atoms with Crippen LogP contribution in [-0.2, 0) is 23.8 Å². The van der Waals surface area contributed by atoms with Crippen LogP contribution in [0.1, 0.15) is 18.1 Å². The molecule has 1 aromatic carbocycles. The highest BCUT2D eigenvalue weighted by Crippen LogP contribution is 2.40. The maximum Gasteiger partial charge on any atom is 0.511 e. The van der Waals surface area contributed by atoms with Crippen LogP contribution >= 0.6 is 11.6 Å². The van der Waals surface area contributed by atoms with Gasteiger partial charge in [-0.05, 0) is 37.6 Å². The van der Waals surface area contributed by atoms with E-state index in [-0.39, 0.29) is 22.9 Å². The average molecular weight is 440 g/mol. The first kappa shape index (κ1) is 22.8. The molecule has 0 radical (unpaired) electrons. The zero-order valence-electron chi connectivity index (χ0n) is 15.2. The summed E-state index contributed by atoms with van der Waals surface area (Å²) in [4.78, 5) is 27.8. The molecule has 1 aromatic rings. The minimum Gasteiger partial charge on any atom is -0.475 e. The Labute approximate surface area is 168 Å². The Morgan fingerprint density at radius 1 is 1.28 bits per heavy atom. The third kappa shape index (κ3) is 5.99. The quantitative estimate of drug-likeness (QED) is 0.409. The van der Waals surface area contributed by atoms with Gasteiger partial charge in [0.15, 0.2) is 0 Å². The Hall–Kier alpha value is -2.50. The number of carbonyl (C=O) groups excluding carboxylic acids is 2. The van der Waals surface area contributed by atoms with Gasteiger partial charge in [-0.15, -0.1) is 0 Å². The number of nitrogens with two attached hydrogens (primary N) is 1. The summed E-state index contributed by atoms with van der Waals surface area (Å²) in [7, 11) is 0. The lowest BCUT2D eigenvalue weighted by molar-refractivity contribution is -0.189. The van der Waals surface area contributed by atoms with E-state index in [1.807, 2.05) is 0 Å². The number of alkyl halides is 3. The van der Waals surface area contributed by atoms with Crippen molar-refractivity contribution in [3.63, 3.8) is 0 Å². The van der Waals surface area contributed by atoms with E-state index in [0.717, 1.165) is 6.08 Å². The Morgan fingerprint density at radius 2 is 1.97 bits per heavy atom. The SMILES string of the molecule is Cc1cc(Cl)cc2c1OC(C(F)(F)F)C(C(=O)OCOC(=O)OCC(C)ON)=C2. The highest BCUT2D eigenvalue weighted by Gasteiger charge is 2.49. The zero-order chi connectivity index (χ0) is 21.8. The molecule has 0 spiro atoms. The molecular formula is C17H17ClF3NO7. The fourth-order valence-corrected chi connectivity index (χ4v) is 2.62. The molecule has 0 aliphatic carbocycles. The van der Waals surface area contributed by atoms with Crippen LogP contribution in [0.25, 0.3) is 6.08 Å². The van der Waals surface area contributed by atoms with Gasteiger partial charge < -0.3 is 18.9 Å². The smallest absolute Gasteiger partial charge is 0.475 e. The van der Waals surface area contributed by atoms with Crippen molar-refractivity contribution in [1.82, 2.24) is 0 Å². The largest absolute Gasteiger partial charge is 0.511 e. The molecule has 8 nitrogen and oxygen atoms in total. The predicted molar refractivity (Wildman–Crippen MR) is 92.8 cm³/mol. The molecule has 0 saturated carbocycles. The summed E-state index contributed by atoms with van der Waals surface area (Å²) in [6.07, 6.45) is -8.33. The fraction of sp³-hybridized carbons (Fsp3) is 0.412. The second-order valence-corrected chi connectivity index (χ2v) is 6.42. The lowest BCUT2D eigenvalue weighted by atomic mass is 9.99. The third-order valence-electron chi connectivity index (χ3n) is 3.67. The molecule has 0 saturated heterocycles. The van der Waals surface area contributed by atoms with E-state index in [2.05, 4.69) is 19.0 Å². The van der Waals surface area contributed by atoms with Crippen molar-refractivity contribution in [2.45, 2.75) is 32.2 Å². The monoisotopic (exact) mass is 439 g/mol. The van der Waals surface area contributed by atoms with Gasteiger partial charge in [-0.2, -0.15) is 13.2 Å². The van der Waals surface area contributed by atoms with E-state index in [0.29, 0.717) is 5.56 Å². The van der Waals surface area contributed by atoms with E-state index in [4.69, 9.17) is 22.2 Å². The van der Waals surface area contributed by atoms with Crippen LogP contribution in [0, 0.1) is 6.92 Å². The van der Waals surface area contributed by atoms with Gasteiger partial charge in [0.25, 0.3) is 0 Å². The second-order valence-electron chi connectivity index (χ2n) is 5.98. The number of rotatable bonds is 6. The van der Waals surface area contributed by atoms with Gasteiger partial charge >= 0.3 is 18.3 Å². The Kier molecular flexibility index (Phi) is 7.33. The van der Waals surface area contributed by atoms with Crippen molar-refractivity contribution in [2.24, 2.45) is 5.90 Å². The van der Waals surface area contributed by atoms with E-state index in [9.17, 15) is 22.8 Å². The number of carbonyl (C=O) groups is 2. The minimum absolute atomic E-state index is 0.0515. The molecule has 0 aromatic heterocycles. The molecule has 2 rings (SSSR count). The van der Waals surface area contributed by atoms with Gasteiger partial charge in [0.05, 0.1) is 5.57 Å². The van der Waals surface area contributed by atoms with Crippen molar-refractivity contribution in [1.29, 1.82) is 0 Å². The number of fused-ring (bicyclic) bond motifs is 1. The normalized spacial score (nSPS) is 16.8. The molecule has 2 unspecified atom stereocenters. The molecular weight excluding hydrogens is 423 g/mol. The molecule has 12 heteroatoms. The van der Waals surface area contributed by atoms with E-state index >= 15 is 0 Å². The molecule has 1 heterocycles. The summed E-state index contributed by atoms with van der Waals surface area (Å²) < 4.78 is 58.8. The first-order chi connectivity index (χ1) is 13.5. The zero-order valence-corrected chi connectivity index (χ0v) is 16.0. The summed E-state index contributed by atoms with van der Waals surface area (Å²) in [6, 6.07) is 2.78. The van der Waals surface area contributed by atoms with Gasteiger partial charge in [-0.25, -0.2) is 15.5 Å². The van der Waals surface area contributed by atoms with Gasteiger partial charge in [-0.1, -0.05) is 11.6 Å². The molecule has 29 heavy (non-hydrogen) atoms. The number of halogens is 4. The summed E-state index contributed by atoms with van der Waals surface area (Å²) in [5.41, 5.74) is -0.278. The molecule has 0 amide bonds. The van der Waals surface area contributed by atoms with Crippen molar-refractivity contribution in [3.8, 4) is 5.75 Å². The standard InChI is InChI=1S/C17H17ClF3NO7/c1-8-3-11(18)4-10-5-12(14(17(19,20)21)28-13(8)10)15(23)26-7-27-16(24)25-6-9(2)29-22/h3-5,9,14H,6-7,22H2,1-2H3. The lowest BCUT2D eigenvalue weighted by Gasteiger charge is -2.28. The van der Waals surface area contributed by atoms with Crippen LogP contribution in [0.5, 0.6) is 5.75 Å². The van der Waals surface area contributed by atoms with E-state index < -0.39 is 42.9 Å². The van der Waals surface area contributed by atoms with Crippen molar-refractivity contribution in [2.75, 3.05) is 13.4 Å². The second kappa shape index (κ2) is 9.33. The molecule has 0 fully saturated rings. The van der Waals surface area contributed by atoms with Gasteiger partial charge in [0.2, 0.25) is 12.9 Å². The fourth-order valence-electron chi connectivity index (χ4n) is 2.34. The van der Waals surface area contributed by atoms with Crippen LogP contribution in [0.4, 0.5) is 18.0 Å². The molecule has 160 valence electrons. The maximum atomic E-state index is 13.4. The average Bonchev–Trinajstić information content (AvgIpc) is 2.64. The summed E-state index contributed by atoms with van der Waals surface area (Å²) in [5, 5.41) is 0.251. The number of aryl methyl sites for hydroxylation is 1. The van der Waals surface area contributed by atoms with Gasteiger partial charge in [0, 0.05) is 10.6 Å². The van der Waals surface area contributed by atoms with Crippen LogP contribution in [0.15, 0.2) is 17.7 Å². The number of hydrogen-bond acceptors (Lipinski definition) is 8. The third-order valence-corrected chi connectivity index (χ3v) is 3.88. The van der Waals surface area contributed by atoms with Crippen molar-refractivity contribution < 1.29 is 46.5 Å². The number of hydrogen-bond donors (Lipinski definition) is 1. The summed E-state index contributed by atoms with van der Waals surface area (Å²) >= 11 is 5.91. The van der Waals surface area contributed by atoms with Crippen molar-refractivity contribution in [3.05, 3.63) is 33.9 Å². The number of esters is 1. The molecule has 2 atom stereocenters. The first-order valence-electron chi connectivity index (χ1n) is 8.10. The number of ether oxygens (including phenoxy) is 4. The van der Waals surface area contributed by atoms with Crippen LogP contribution in [0.2, 0.25) is 5.02 Å². The van der Waals surface area contributed by atoms with Crippen LogP contribution in [-0.4, -0.2) is 43.9 Å². The lowest BCUT2D eigenvalue weighted by Crippen LogP contribution is -2.41. The minimum atomic E-state index is -4.90.